The lowest BCUT2D eigenvalue weighted by atomic mass is 10.1. The number of nitrogens with zero attached hydrogens (tertiary/aromatic N) is 3. The molecule has 0 atom stereocenters. The lowest BCUT2D eigenvalue weighted by Gasteiger charge is -2.08. The first-order valence-electron chi connectivity index (χ1n) is 8.50. The number of methoxy groups -OCH3 is 1. The minimum Gasteiger partial charge on any atom is -0.467 e. The van der Waals surface area contributed by atoms with Crippen LogP contribution in [0.3, 0.4) is 0 Å². The SMILES string of the molecule is COC(=O)c1cccc(CSc2nnc(C3CC3)n2Cc2ccco2)c1. The smallest absolute Gasteiger partial charge is 0.337 e. The highest BCUT2D eigenvalue weighted by Gasteiger charge is 2.30. The molecule has 0 unspecified atom stereocenters. The van der Waals surface area contributed by atoms with Gasteiger partial charge < -0.3 is 9.15 Å². The van der Waals surface area contributed by atoms with Crippen molar-refractivity contribution in [1.29, 1.82) is 0 Å². The van der Waals surface area contributed by atoms with E-state index in [9.17, 15) is 4.79 Å². The van der Waals surface area contributed by atoms with Crippen LogP contribution in [0.15, 0.2) is 52.2 Å². The van der Waals surface area contributed by atoms with Crippen molar-refractivity contribution in [3.05, 3.63) is 65.4 Å². The van der Waals surface area contributed by atoms with Crippen LogP contribution in [-0.2, 0) is 17.0 Å². The summed E-state index contributed by atoms with van der Waals surface area (Å²) < 4.78 is 12.4. The number of ether oxygens (including phenoxy) is 1. The van der Waals surface area contributed by atoms with Gasteiger partial charge in [-0.2, -0.15) is 0 Å². The third kappa shape index (κ3) is 3.67. The Labute approximate surface area is 155 Å². The number of hydrogen-bond acceptors (Lipinski definition) is 6. The maximum atomic E-state index is 11.7. The van der Waals surface area contributed by atoms with Gasteiger partial charge in [-0.25, -0.2) is 4.79 Å². The zero-order valence-corrected chi connectivity index (χ0v) is 15.2. The van der Waals surface area contributed by atoms with E-state index in [1.54, 1.807) is 24.1 Å². The molecule has 0 spiro atoms. The zero-order valence-electron chi connectivity index (χ0n) is 14.4. The second-order valence-electron chi connectivity index (χ2n) is 6.26. The van der Waals surface area contributed by atoms with Gasteiger partial charge in [0.15, 0.2) is 5.16 Å². The van der Waals surface area contributed by atoms with E-state index in [-0.39, 0.29) is 5.97 Å². The highest BCUT2D eigenvalue weighted by molar-refractivity contribution is 7.98. The molecule has 0 bridgehead atoms. The lowest BCUT2D eigenvalue weighted by Crippen LogP contribution is -2.05. The van der Waals surface area contributed by atoms with Crippen LogP contribution in [0.1, 0.15) is 46.3 Å². The Bertz CT molecular complexity index is 901. The van der Waals surface area contributed by atoms with Gasteiger partial charge in [0.2, 0.25) is 0 Å². The van der Waals surface area contributed by atoms with Gasteiger partial charge in [0.05, 0.1) is 25.5 Å². The normalized spacial score (nSPS) is 13.7. The van der Waals surface area contributed by atoms with E-state index in [1.807, 2.05) is 30.3 Å². The summed E-state index contributed by atoms with van der Waals surface area (Å²) in [6.07, 6.45) is 4.02. The molecule has 0 saturated heterocycles. The average Bonchev–Trinajstić information content (AvgIpc) is 3.23. The van der Waals surface area contributed by atoms with Crippen LogP contribution in [0.5, 0.6) is 0 Å². The summed E-state index contributed by atoms with van der Waals surface area (Å²) in [6, 6.07) is 11.3. The number of carbonyl (C=O) groups is 1. The van der Waals surface area contributed by atoms with Crippen molar-refractivity contribution in [2.45, 2.75) is 36.2 Å². The van der Waals surface area contributed by atoms with Crippen molar-refractivity contribution >= 4 is 17.7 Å². The van der Waals surface area contributed by atoms with E-state index in [0.29, 0.717) is 23.8 Å². The quantitative estimate of drug-likeness (QED) is 0.465. The molecule has 0 aliphatic heterocycles. The Balaban J connectivity index is 1.52. The molecule has 1 aliphatic carbocycles. The molecule has 6 nitrogen and oxygen atoms in total. The monoisotopic (exact) mass is 369 g/mol. The fourth-order valence-corrected chi connectivity index (χ4v) is 3.70. The molecule has 4 rings (SSSR count). The summed E-state index contributed by atoms with van der Waals surface area (Å²) in [4.78, 5) is 11.7. The summed E-state index contributed by atoms with van der Waals surface area (Å²) in [5, 5.41) is 9.66. The number of thioether (sulfide) groups is 1. The van der Waals surface area contributed by atoms with E-state index in [0.717, 1.165) is 22.3 Å². The van der Waals surface area contributed by atoms with Crippen molar-refractivity contribution in [2.24, 2.45) is 0 Å². The molecule has 134 valence electrons. The molecule has 2 aromatic heterocycles. The Morgan fingerprint density at radius 2 is 2.19 bits per heavy atom. The number of benzene rings is 1. The van der Waals surface area contributed by atoms with Crippen molar-refractivity contribution in [2.75, 3.05) is 7.11 Å². The molecule has 26 heavy (non-hydrogen) atoms. The molecule has 1 aromatic carbocycles. The fourth-order valence-electron chi connectivity index (χ4n) is 2.81. The minimum atomic E-state index is -0.325. The van der Waals surface area contributed by atoms with Crippen LogP contribution in [0.25, 0.3) is 0 Å². The molecule has 1 fully saturated rings. The Hall–Kier alpha value is -2.54. The Kier molecular flexibility index (Phi) is 4.79. The van der Waals surface area contributed by atoms with Crippen LogP contribution in [0.4, 0.5) is 0 Å². The highest BCUT2D eigenvalue weighted by Crippen LogP contribution is 2.40. The summed E-state index contributed by atoms with van der Waals surface area (Å²) in [7, 11) is 1.39. The van der Waals surface area contributed by atoms with Crippen LogP contribution in [0.2, 0.25) is 0 Å². The molecule has 3 aromatic rings. The standard InChI is InChI=1S/C19H19N3O3S/c1-24-18(23)15-5-2-4-13(10-15)12-26-19-21-20-17(14-7-8-14)22(19)11-16-6-3-9-25-16/h2-6,9-10,14H,7-8,11-12H2,1H3. The van der Waals surface area contributed by atoms with Gasteiger partial charge in [0.1, 0.15) is 11.6 Å². The van der Waals surface area contributed by atoms with Gasteiger partial charge in [0, 0.05) is 11.7 Å². The van der Waals surface area contributed by atoms with Crippen molar-refractivity contribution < 1.29 is 13.9 Å². The summed E-state index contributed by atoms with van der Waals surface area (Å²) in [5.41, 5.74) is 1.60. The number of hydrogen-bond donors (Lipinski definition) is 0. The van der Waals surface area contributed by atoms with Crippen molar-refractivity contribution in [3.8, 4) is 0 Å². The van der Waals surface area contributed by atoms with Gasteiger partial charge in [-0.1, -0.05) is 23.9 Å². The van der Waals surface area contributed by atoms with Gasteiger partial charge >= 0.3 is 5.97 Å². The summed E-state index contributed by atoms with van der Waals surface area (Å²) in [6.45, 7) is 0.635. The van der Waals surface area contributed by atoms with Crippen LogP contribution in [0, 0.1) is 0 Å². The molecule has 0 radical (unpaired) electrons. The first-order valence-corrected chi connectivity index (χ1v) is 9.48. The molecule has 1 aliphatic rings. The molecule has 0 N–H and O–H groups in total. The third-order valence-electron chi connectivity index (χ3n) is 4.30. The summed E-state index contributed by atoms with van der Waals surface area (Å²) in [5.74, 6) is 2.81. The van der Waals surface area contributed by atoms with E-state index in [4.69, 9.17) is 9.15 Å². The molecule has 2 heterocycles. The number of esters is 1. The van der Waals surface area contributed by atoms with Gasteiger partial charge in [-0.15, -0.1) is 10.2 Å². The first kappa shape index (κ1) is 16.9. The second-order valence-corrected chi connectivity index (χ2v) is 7.20. The van der Waals surface area contributed by atoms with Gasteiger partial charge in [-0.3, -0.25) is 4.57 Å². The molecular formula is C19H19N3O3S. The first-order chi connectivity index (χ1) is 12.7. The molecule has 1 saturated carbocycles. The minimum absolute atomic E-state index is 0.325. The van der Waals surface area contributed by atoms with E-state index >= 15 is 0 Å². The fraction of sp³-hybridized carbons (Fsp3) is 0.316. The summed E-state index contributed by atoms with van der Waals surface area (Å²) >= 11 is 1.61. The molecule has 0 amide bonds. The third-order valence-corrected chi connectivity index (χ3v) is 5.34. The van der Waals surface area contributed by atoms with Gasteiger partial charge in [-0.05, 0) is 42.7 Å². The van der Waals surface area contributed by atoms with Crippen LogP contribution >= 0.6 is 11.8 Å². The molecule has 7 heteroatoms. The predicted octanol–water partition coefficient (Wildman–Crippen LogP) is 3.88. The van der Waals surface area contributed by atoms with E-state index in [1.165, 1.54) is 20.0 Å². The van der Waals surface area contributed by atoms with Gasteiger partial charge in [0.25, 0.3) is 0 Å². The number of carbonyl (C=O) groups excluding carboxylic acids is 1. The Morgan fingerprint density at radius 3 is 2.92 bits per heavy atom. The number of furan rings is 1. The topological polar surface area (TPSA) is 70.2 Å². The van der Waals surface area contributed by atoms with E-state index in [2.05, 4.69) is 14.8 Å². The van der Waals surface area contributed by atoms with Crippen LogP contribution in [-0.4, -0.2) is 27.8 Å². The van der Waals surface area contributed by atoms with Crippen LogP contribution < -0.4 is 0 Å². The highest BCUT2D eigenvalue weighted by atomic mass is 32.2. The van der Waals surface area contributed by atoms with Crippen molar-refractivity contribution in [1.82, 2.24) is 14.8 Å². The zero-order chi connectivity index (χ0) is 17.9. The number of rotatable bonds is 7. The second kappa shape index (κ2) is 7.37. The average molecular weight is 369 g/mol. The number of aromatic nitrogens is 3. The van der Waals surface area contributed by atoms with Crippen molar-refractivity contribution in [3.63, 3.8) is 0 Å². The predicted molar refractivity (Wildman–Crippen MR) is 97.1 cm³/mol. The lowest BCUT2D eigenvalue weighted by molar-refractivity contribution is 0.0600. The largest absolute Gasteiger partial charge is 0.467 e. The van der Waals surface area contributed by atoms with E-state index < -0.39 is 0 Å². The molecular weight excluding hydrogens is 350 g/mol. The maximum absolute atomic E-state index is 11.7. The Morgan fingerprint density at radius 1 is 1.31 bits per heavy atom. The maximum Gasteiger partial charge on any atom is 0.337 e.